The molecular weight excluding hydrogens is 466 g/mol. The van der Waals surface area contributed by atoms with Gasteiger partial charge in [-0.05, 0) is 49.4 Å². The topological polar surface area (TPSA) is 102 Å². The minimum absolute atomic E-state index is 0.123. The average molecular weight is 496 g/mol. The molecule has 0 fully saturated rings. The molecule has 0 spiro atoms. The van der Waals surface area contributed by atoms with Gasteiger partial charge in [0, 0.05) is 23.3 Å². The van der Waals surface area contributed by atoms with Crippen LogP contribution < -0.4 is 29.0 Å². The summed E-state index contributed by atoms with van der Waals surface area (Å²) in [6, 6.07) is 15.2. The first kappa shape index (κ1) is 26.2. The first-order valence-electron chi connectivity index (χ1n) is 11.1. The summed E-state index contributed by atoms with van der Waals surface area (Å²) in [5.74, 6) is 1.56. The molecule has 3 rings (SSSR count). The van der Waals surface area contributed by atoms with E-state index in [1.165, 1.54) is 33.5 Å². The van der Waals surface area contributed by atoms with Crippen molar-refractivity contribution >= 4 is 17.6 Å². The van der Waals surface area contributed by atoms with Gasteiger partial charge in [0.25, 0.3) is 5.91 Å². The minimum atomic E-state index is -0.633. The Kier molecular flexibility index (Phi) is 8.99. The maximum Gasteiger partial charge on any atom is 0.340 e. The summed E-state index contributed by atoms with van der Waals surface area (Å²) >= 11 is 0. The van der Waals surface area contributed by atoms with Crippen LogP contribution in [0.25, 0.3) is 0 Å². The van der Waals surface area contributed by atoms with Crippen molar-refractivity contribution in [2.75, 3.05) is 40.4 Å². The Balaban J connectivity index is 1.88. The molecule has 1 amide bonds. The van der Waals surface area contributed by atoms with E-state index in [0.717, 1.165) is 5.75 Å². The molecule has 0 aromatic heterocycles. The number of nitrogens with one attached hydrogen (secondary N) is 1. The highest BCUT2D eigenvalue weighted by Gasteiger charge is 2.20. The molecule has 36 heavy (non-hydrogen) atoms. The molecular formula is C27H29NO8. The zero-order valence-corrected chi connectivity index (χ0v) is 20.9. The van der Waals surface area contributed by atoms with Gasteiger partial charge in [0.05, 0.1) is 46.3 Å². The van der Waals surface area contributed by atoms with E-state index in [0.29, 0.717) is 40.7 Å². The second-order valence-electron chi connectivity index (χ2n) is 7.42. The monoisotopic (exact) mass is 495 g/mol. The van der Waals surface area contributed by atoms with Gasteiger partial charge in [0.2, 0.25) is 0 Å². The van der Waals surface area contributed by atoms with Gasteiger partial charge >= 0.3 is 5.97 Å². The average Bonchev–Trinajstić information content (AvgIpc) is 2.92. The third-order valence-corrected chi connectivity index (χ3v) is 5.25. The van der Waals surface area contributed by atoms with Gasteiger partial charge in [-0.25, -0.2) is 4.79 Å². The van der Waals surface area contributed by atoms with E-state index in [1.54, 1.807) is 49.6 Å². The van der Waals surface area contributed by atoms with E-state index in [-0.39, 0.29) is 17.9 Å². The summed E-state index contributed by atoms with van der Waals surface area (Å²) in [5.41, 5.74) is 1.37. The van der Waals surface area contributed by atoms with Gasteiger partial charge in [-0.2, -0.15) is 0 Å². The van der Waals surface area contributed by atoms with E-state index in [9.17, 15) is 9.59 Å². The van der Waals surface area contributed by atoms with Crippen molar-refractivity contribution in [3.05, 3.63) is 71.3 Å². The summed E-state index contributed by atoms with van der Waals surface area (Å²) in [6.07, 6.45) is 0. The third-order valence-electron chi connectivity index (χ3n) is 5.25. The molecule has 3 aromatic rings. The number of ether oxygens (including phenoxy) is 6. The van der Waals surface area contributed by atoms with Crippen LogP contribution in [-0.4, -0.2) is 46.9 Å². The van der Waals surface area contributed by atoms with Crippen LogP contribution in [0.15, 0.2) is 54.6 Å². The molecule has 190 valence electrons. The Morgan fingerprint density at radius 1 is 0.750 bits per heavy atom. The highest BCUT2D eigenvalue weighted by molar-refractivity contribution is 6.08. The van der Waals surface area contributed by atoms with Gasteiger partial charge in [0.1, 0.15) is 23.9 Å². The smallest absolute Gasteiger partial charge is 0.340 e. The molecule has 0 aliphatic carbocycles. The second-order valence-corrected chi connectivity index (χ2v) is 7.42. The Morgan fingerprint density at radius 2 is 1.42 bits per heavy atom. The molecule has 0 aliphatic rings. The molecule has 9 nitrogen and oxygen atoms in total. The highest BCUT2D eigenvalue weighted by Crippen LogP contribution is 2.34. The van der Waals surface area contributed by atoms with E-state index < -0.39 is 11.9 Å². The van der Waals surface area contributed by atoms with Gasteiger partial charge in [-0.15, -0.1) is 0 Å². The first-order valence-corrected chi connectivity index (χ1v) is 11.1. The quantitative estimate of drug-likeness (QED) is 0.381. The number of esters is 1. The van der Waals surface area contributed by atoms with Crippen LogP contribution in [0.5, 0.6) is 28.7 Å². The highest BCUT2D eigenvalue weighted by atomic mass is 16.5. The molecule has 0 radical (unpaired) electrons. The number of carbonyl (C=O) groups is 2. The maximum atomic E-state index is 13.2. The van der Waals surface area contributed by atoms with Crippen molar-refractivity contribution in [1.82, 2.24) is 0 Å². The molecule has 0 heterocycles. The zero-order chi connectivity index (χ0) is 26.1. The largest absolute Gasteiger partial charge is 0.497 e. The van der Waals surface area contributed by atoms with Gasteiger partial charge in [-0.1, -0.05) is 0 Å². The van der Waals surface area contributed by atoms with E-state index in [1.807, 2.05) is 6.92 Å². The van der Waals surface area contributed by atoms with E-state index >= 15 is 0 Å². The van der Waals surface area contributed by atoms with Crippen molar-refractivity contribution in [2.24, 2.45) is 0 Å². The fraction of sp³-hybridized carbons (Fsp3) is 0.259. The van der Waals surface area contributed by atoms with E-state index in [4.69, 9.17) is 28.4 Å². The van der Waals surface area contributed by atoms with Crippen molar-refractivity contribution < 1.29 is 38.0 Å². The van der Waals surface area contributed by atoms with Crippen molar-refractivity contribution in [3.8, 4) is 28.7 Å². The lowest BCUT2D eigenvalue weighted by Gasteiger charge is -2.16. The summed E-state index contributed by atoms with van der Waals surface area (Å²) in [4.78, 5) is 25.5. The molecule has 9 heteroatoms. The van der Waals surface area contributed by atoms with Gasteiger partial charge < -0.3 is 33.7 Å². The van der Waals surface area contributed by atoms with Crippen molar-refractivity contribution in [2.45, 2.75) is 13.5 Å². The zero-order valence-electron chi connectivity index (χ0n) is 20.9. The predicted octanol–water partition coefficient (Wildman–Crippen LogP) is 4.73. The Labute approximate surface area is 209 Å². The first-order chi connectivity index (χ1) is 17.4. The Bertz CT molecular complexity index is 1210. The van der Waals surface area contributed by atoms with Crippen molar-refractivity contribution in [3.63, 3.8) is 0 Å². The second kappa shape index (κ2) is 12.3. The van der Waals surface area contributed by atoms with Crippen LogP contribution in [0.4, 0.5) is 5.69 Å². The van der Waals surface area contributed by atoms with Crippen molar-refractivity contribution in [1.29, 1.82) is 0 Å². The summed E-state index contributed by atoms with van der Waals surface area (Å²) in [7, 11) is 5.76. The normalized spacial score (nSPS) is 10.2. The number of anilines is 1. The standard InChI is InChI=1S/C27H29NO8/c1-6-35-23-12-7-17(13-18(23)16-36-20-10-8-19(31-2)9-11-20)26(29)28-22-15-25(33-4)24(32-3)14-21(22)27(30)34-5/h7-15H,6,16H2,1-5H3,(H,28,29). The molecule has 0 bridgehead atoms. The molecule has 0 saturated heterocycles. The van der Waals surface area contributed by atoms with E-state index in [2.05, 4.69) is 5.32 Å². The number of rotatable bonds is 11. The van der Waals surface area contributed by atoms with Gasteiger partial charge in [-0.3, -0.25) is 4.79 Å². The Hall–Kier alpha value is -4.40. The maximum absolute atomic E-state index is 13.2. The van der Waals surface area contributed by atoms with Gasteiger partial charge in [0.15, 0.2) is 11.5 Å². The number of carbonyl (C=O) groups excluding carboxylic acids is 2. The molecule has 0 aliphatic heterocycles. The third kappa shape index (κ3) is 6.18. The number of benzene rings is 3. The fourth-order valence-corrected chi connectivity index (χ4v) is 3.42. The lowest BCUT2D eigenvalue weighted by molar-refractivity contribution is 0.0601. The Morgan fingerprint density at radius 3 is 2.03 bits per heavy atom. The summed E-state index contributed by atoms with van der Waals surface area (Å²) < 4.78 is 32.2. The van der Waals surface area contributed by atoms with Crippen LogP contribution in [-0.2, 0) is 11.3 Å². The molecule has 0 atom stereocenters. The molecule has 0 unspecified atom stereocenters. The van der Waals surface area contributed by atoms with Crippen LogP contribution in [0, 0.1) is 0 Å². The predicted molar refractivity (Wildman–Crippen MR) is 134 cm³/mol. The number of methoxy groups -OCH3 is 4. The number of hydrogen-bond acceptors (Lipinski definition) is 8. The SMILES string of the molecule is CCOc1ccc(C(=O)Nc2cc(OC)c(OC)cc2C(=O)OC)cc1COc1ccc(OC)cc1. The summed E-state index contributed by atoms with van der Waals surface area (Å²) in [6.45, 7) is 2.50. The number of amides is 1. The lowest BCUT2D eigenvalue weighted by Crippen LogP contribution is -2.16. The van der Waals surface area contributed by atoms with Crippen LogP contribution in [0.1, 0.15) is 33.2 Å². The summed E-state index contributed by atoms with van der Waals surface area (Å²) in [5, 5.41) is 2.76. The van der Waals surface area contributed by atoms with Crippen LogP contribution in [0.3, 0.4) is 0 Å². The minimum Gasteiger partial charge on any atom is -0.497 e. The van der Waals surface area contributed by atoms with Crippen LogP contribution in [0.2, 0.25) is 0 Å². The fourth-order valence-electron chi connectivity index (χ4n) is 3.42. The molecule has 1 N–H and O–H groups in total. The molecule has 3 aromatic carbocycles. The molecule has 0 saturated carbocycles. The number of hydrogen-bond donors (Lipinski definition) is 1. The lowest BCUT2D eigenvalue weighted by atomic mass is 10.1. The van der Waals surface area contributed by atoms with Crippen LogP contribution >= 0.6 is 0 Å².